The highest BCUT2D eigenvalue weighted by molar-refractivity contribution is 6.33. The fourth-order valence-corrected chi connectivity index (χ4v) is 1.34. The summed E-state index contributed by atoms with van der Waals surface area (Å²) in [6, 6.07) is 4.35. The Morgan fingerprint density at radius 2 is 1.80 bits per heavy atom. The van der Waals surface area contributed by atoms with E-state index >= 15 is 0 Å². The Morgan fingerprint density at radius 1 is 1.13 bits per heavy atom. The number of aryl methyl sites for hydroxylation is 1. The topological polar surface area (TPSA) is 51.6 Å². The molecule has 0 amide bonds. The summed E-state index contributed by atoms with van der Waals surface area (Å²) in [6.07, 6.45) is 0. The minimum Gasteiger partial charge on any atom is -0.206 e. The number of halogens is 2. The predicted octanol–water partition coefficient (Wildman–Crippen LogP) is 2.03. The van der Waals surface area contributed by atoms with E-state index in [-0.39, 0.29) is 16.4 Å². The van der Waals surface area contributed by atoms with Gasteiger partial charge < -0.3 is 0 Å². The van der Waals surface area contributed by atoms with Crippen molar-refractivity contribution >= 4 is 11.6 Å². The smallest absolute Gasteiger partial charge is 0.206 e. The molecule has 0 unspecified atom stereocenters. The second-order valence-corrected chi connectivity index (χ2v) is 3.27. The van der Waals surface area contributed by atoms with Gasteiger partial charge in [0, 0.05) is 0 Å². The molecule has 0 spiro atoms. The molecule has 0 aliphatic heterocycles. The predicted molar refractivity (Wildman–Crippen MR) is 52.8 cm³/mol. The highest BCUT2D eigenvalue weighted by Gasteiger charge is 2.12. The van der Waals surface area contributed by atoms with Crippen molar-refractivity contribution < 1.29 is 4.39 Å². The average molecular weight is 225 g/mol. The summed E-state index contributed by atoms with van der Waals surface area (Å²) >= 11 is 5.83. The summed E-state index contributed by atoms with van der Waals surface area (Å²) in [4.78, 5) is 0. The van der Waals surface area contributed by atoms with Gasteiger partial charge >= 0.3 is 0 Å². The van der Waals surface area contributed by atoms with Crippen LogP contribution < -0.4 is 0 Å². The Balaban J connectivity index is 2.58. The van der Waals surface area contributed by atoms with Gasteiger partial charge in [-0.3, -0.25) is 0 Å². The minimum absolute atomic E-state index is 0.0868. The van der Waals surface area contributed by atoms with E-state index < -0.39 is 5.82 Å². The summed E-state index contributed by atoms with van der Waals surface area (Å²) in [5.74, 6) is 0.0184. The van der Waals surface area contributed by atoms with Crippen molar-refractivity contribution in [1.29, 1.82) is 0 Å². The zero-order valence-corrected chi connectivity index (χ0v) is 8.53. The monoisotopic (exact) mass is 224 g/mol. The molecular weight excluding hydrogens is 219 g/mol. The van der Waals surface area contributed by atoms with E-state index in [4.69, 9.17) is 11.6 Å². The van der Waals surface area contributed by atoms with E-state index in [9.17, 15) is 4.39 Å². The molecule has 0 atom stereocenters. The van der Waals surface area contributed by atoms with Crippen LogP contribution in [0.3, 0.4) is 0 Å². The summed E-state index contributed by atoms with van der Waals surface area (Å²) < 4.78 is 13.4. The largest absolute Gasteiger partial charge is 0.208 e. The zero-order valence-electron chi connectivity index (χ0n) is 7.78. The molecule has 4 nitrogen and oxygen atoms in total. The lowest BCUT2D eigenvalue weighted by atomic mass is 10.2. The Kier molecular flexibility index (Phi) is 2.55. The van der Waals surface area contributed by atoms with Crippen LogP contribution in [0.2, 0.25) is 5.02 Å². The van der Waals surface area contributed by atoms with Gasteiger partial charge in [-0.15, -0.1) is 20.4 Å². The molecule has 0 N–H and O–H groups in total. The van der Waals surface area contributed by atoms with Crippen LogP contribution in [0.5, 0.6) is 0 Å². The minimum atomic E-state index is -0.491. The first-order valence-electron chi connectivity index (χ1n) is 4.17. The summed E-state index contributed by atoms with van der Waals surface area (Å²) in [6.45, 7) is 1.65. The van der Waals surface area contributed by atoms with Crippen molar-refractivity contribution in [3.63, 3.8) is 0 Å². The van der Waals surface area contributed by atoms with Crippen LogP contribution in [-0.2, 0) is 0 Å². The van der Waals surface area contributed by atoms with Crippen molar-refractivity contribution in [2.24, 2.45) is 0 Å². The van der Waals surface area contributed by atoms with Gasteiger partial charge in [0.2, 0.25) is 5.82 Å². The van der Waals surface area contributed by atoms with Crippen LogP contribution in [-0.4, -0.2) is 20.4 Å². The third-order valence-corrected chi connectivity index (χ3v) is 2.08. The second-order valence-electron chi connectivity index (χ2n) is 2.87. The van der Waals surface area contributed by atoms with Gasteiger partial charge in [0.25, 0.3) is 0 Å². The first-order chi connectivity index (χ1) is 7.18. The van der Waals surface area contributed by atoms with Gasteiger partial charge in [0.1, 0.15) is 5.82 Å². The maximum Gasteiger partial charge on any atom is 0.208 e. The van der Waals surface area contributed by atoms with Crippen molar-refractivity contribution in [2.45, 2.75) is 6.92 Å². The fourth-order valence-electron chi connectivity index (χ4n) is 1.09. The standard InChI is InChI=1S/C9H6ClFN4/c1-5-12-14-9(15-13-5)8-6(10)3-2-4-7(8)11/h2-4H,1H3. The molecule has 1 aromatic heterocycles. The van der Waals surface area contributed by atoms with Gasteiger partial charge in [-0.05, 0) is 19.1 Å². The van der Waals surface area contributed by atoms with E-state index in [0.717, 1.165) is 0 Å². The molecular formula is C9H6ClFN4. The van der Waals surface area contributed by atoms with Crippen LogP contribution in [0.25, 0.3) is 11.4 Å². The average Bonchev–Trinajstić information content (AvgIpc) is 2.20. The molecule has 0 aliphatic rings. The molecule has 2 rings (SSSR count). The molecule has 0 radical (unpaired) electrons. The van der Waals surface area contributed by atoms with Crippen LogP contribution >= 0.6 is 11.6 Å². The summed E-state index contributed by atoms with van der Waals surface area (Å²) in [5, 5.41) is 15.1. The van der Waals surface area contributed by atoms with Crippen molar-refractivity contribution in [3.8, 4) is 11.4 Å². The van der Waals surface area contributed by atoms with Crippen LogP contribution in [0.1, 0.15) is 5.82 Å². The quantitative estimate of drug-likeness (QED) is 0.744. The number of nitrogens with zero attached hydrogens (tertiary/aromatic N) is 4. The fraction of sp³-hybridized carbons (Fsp3) is 0.111. The summed E-state index contributed by atoms with van der Waals surface area (Å²) in [5.41, 5.74) is 0.124. The molecule has 0 bridgehead atoms. The molecule has 0 saturated carbocycles. The Morgan fingerprint density at radius 3 is 2.40 bits per heavy atom. The van der Waals surface area contributed by atoms with Gasteiger partial charge in [-0.1, -0.05) is 17.7 Å². The van der Waals surface area contributed by atoms with E-state index in [1.54, 1.807) is 13.0 Å². The van der Waals surface area contributed by atoms with E-state index in [2.05, 4.69) is 20.4 Å². The molecule has 76 valence electrons. The Hall–Kier alpha value is -1.62. The molecule has 0 saturated heterocycles. The van der Waals surface area contributed by atoms with Gasteiger partial charge in [0.15, 0.2) is 5.82 Å². The Labute approximate surface area is 90.1 Å². The first-order valence-corrected chi connectivity index (χ1v) is 4.54. The first kappa shape index (κ1) is 9.92. The number of benzene rings is 1. The zero-order chi connectivity index (χ0) is 10.8. The molecule has 1 heterocycles. The lowest BCUT2D eigenvalue weighted by Crippen LogP contribution is -2.00. The maximum absolute atomic E-state index is 13.4. The molecule has 0 fully saturated rings. The van der Waals surface area contributed by atoms with E-state index in [1.165, 1.54) is 12.1 Å². The number of rotatable bonds is 1. The second kappa shape index (κ2) is 3.86. The van der Waals surface area contributed by atoms with Gasteiger partial charge in [-0.25, -0.2) is 4.39 Å². The van der Waals surface area contributed by atoms with E-state index in [1.807, 2.05) is 0 Å². The molecule has 15 heavy (non-hydrogen) atoms. The van der Waals surface area contributed by atoms with Crippen LogP contribution in [0.4, 0.5) is 4.39 Å². The number of aromatic nitrogens is 4. The van der Waals surface area contributed by atoms with Gasteiger partial charge in [-0.2, -0.15) is 0 Å². The number of hydrogen-bond donors (Lipinski definition) is 0. The highest BCUT2D eigenvalue weighted by atomic mass is 35.5. The highest BCUT2D eigenvalue weighted by Crippen LogP contribution is 2.26. The molecule has 1 aromatic carbocycles. The third kappa shape index (κ3) is 1.92. The molecule has 0 aliphatic carbocycles. The number of hydrogen-bond acceptors (Lipinski definition) is 4. The lowest BCUT2D eigenvalue weighted by molar-refractivity contribution is 0.628. The van der Waals surface area contributed by atoms with E-state index in [0.29, 0.717) is 5.82 Å². The molecule has 2 aromatic rings. The van der Waals surface area contributed by atoms with Crippen molar-refractivity contribution in [3.05, 3.63) is 34.9 Å². The van der Waals surface area contributed by atoms with Crippen molar-refractivity contribution in [1.82, 2.24) is 20.4 Å². The van der Waals surface area contributed by atoms with Crippen LogP contribution in [0, 0.1) is 12.7 Å². The lowest BCUT2D eigenvalue weighted by Gasteiger charge is -2.02. The third-order valence-electron chi connectivity index (χ3n) is 1.77. The molecule has 6 heteroatoms. The van der Waals surface area contributed by atoms with Crippen LogP contribution in [0.15, 0.2) is 18.2 Å². The van der Waals surface area contributed by atoms with Gasteiger partial charge in [0.05, 0.1) is 10.6 Å². The SMILES string of the molecule is Cc1nnc(-c2c(F)cccc2Cl)nn1. The van der Waals surface area contributed by atoms with Crippen molar-refractivity contribution in [2.75, 3.05) is 0 Å². The summed E-state index contributed by atoms with van der Waals surface area (Å²) in [7, 11) is 0. The normalized spacial score (nSPS) is 10.3. The Bertz CT molecular complexity index is 466. The maximum atomic E-state index is 13.4.